The Balaban J connectivity index is 2.42. The van der Waals surface area contributed by atoms with Gasteiger partial charge in [0, 0.05) is 12.1 Å². The first-order chi connectivity index (χ1) is 9.70. The Hall–Kier alpha value is -1.80. The fourth-order valence-corrected chi connectivity index (χ4v) is 3.09. The molecule has 0 atom stereocenters. The molecule has 3 nitrogen and oxygen atoms in total. The molecule has 0 unspecified atom stereocenters. The second-order valence-electron chi connectivity index (χ2n) is 3.93. The Morgan fingerprint density at radius 1 is 0.952 bits per heavy atom. The molecule has 0 spiro atoms. The van der Waals surface area contributed by atoms with Crippen molar-refractivity contribution in [3.05, 3.63) is 58.6 Å². The third-order valence-electron chi connectivity index (χ3n) is 2.42. The predicted molar refractivity (Wildman–Crippen MR) is 68.5 cm³/mol. The van der Waals surface area contributed by atoms with Crippen molar-refractivity contribution in [2.75, 3.05) is 4.72 Å². The van der Waals surface area contributed by atoms with Crippen molar-refractivity contribution >= 4 is 27.3 Å². The standard InChI is InChI=1S/C12H6ClF4NO2S/c13-8-3-6(14)1-2-11(8)21(19,20)18-7-4-9(15)12(17)10(16)5-7/h1-5,18H. The van der Waals surface area contributed by atoms with Crippen molar-refractivity contribution < 1.29 is 26.0 Å². The Labute approximate surface area is 122 Å². The van der Waals surface area contributed by atoms with Gasteiger partial charge in [0.25, 0.3) is 10.0 Å². The number of rotatable bonds is 3. The van der Waals surface area contributed by atoms with Gasteiger partial charge < -0.3 is 0 Å². The van der Waals surface area contributed by atoms with Crippen molar-refractivity contribution in [3.8, 4) is 0 Å². The van der Waals surface area contributed by atoms with Gasteiger partial charge in [-0.3, -0.25) is 4.72 Å². The van der Waals surface area contributed by atoms with Crippen molar-refractivity contribution in [2.24, 2.45) is 0 Å². The normalized spacial score (nSPS) is 11.5. The summed E-state index contributed by atoms with van der Waals surface area (Å²) in [5, 5.41) is -0.412. The summed E-state index contributed by atoms with van der Waals surface area (Å²) < 4.78 is 77.5. The third kappa shape index (κ3) is 3.27. The molecule has 0 heterocycles. The van der Waals surface area contributed by atoms with Gasteiger partial charge in [0.1, 0.15) is 10.7 Å². The quantitative estimate of drug-likeness (QED) is 0.684. The average Bonchev–Trinajstić information content (AvgIpc) is 2.34. The molecule has 2 aromatic carbocycles. The van der Waals surface area contributed by atoms with E-state index in [0.29, 0.717) is 12.1 Å². The van der Waals surface area contributed by atoms with Gasteiger partial charge in [-0.15, -0.1) is 0 Å². The summed E-state index contributed by atoms with van der Waals surface area (Å²) in [4.78, 5) is -0.490. The topological polar surface area (TPSA) is 46.2 Å². The monoisotopic (exact) mass is 339 g/mol. The van der Waals surface area contributed by atoms with E-state index in [4.69, 9.17) is 11.6 Å². The van der Waals surface area contributed by atoms with Crippen LogP contribution in [0.15, 0.2) is 35.2 Å². The van der Waals surface area contributed by atoms with E-state index < -0.39 is 48.9 Å². The molecule has 0 amide bonds. The van der Waals surface area contributed by atoms with Crippen LogP contribution >= 0.6 is 11.6 Å². The lowest BCUT2D eigenvalue weighted by molar-refractivity contribution is 0.448. The van der Waals surface area contributed by atoms with Crippen LogP contribution in [-0.4, -0.2) is 8.42 Å². The minimum absolute atomic E-state index is 0.412. The fraction of sp³-hybridized carbons (Fsp3) is 0. The molecule has 0 bridgehead atoms. The van der Waals surface area contributed by atoms with Crippen LogP contribution in [0.1, 0.15) is 0 Å². The molecule has 0 aliphatic rings. The second kappa shape index (κ2) is 5.53. The molecular formula is C12H6ClF4NO2S. The number of benzene rings is 2. The molecule has 0 saturated carbocycles. The lowest BCUT2D eigenvalue weighted by Gasteiger charge is -2.10. The highest BCUT2D eigenvalue weighted by Crippen LogP contribution is 2.25. The molecule has 9 heteroatoms. The maximum absolute atomic E-state index is 13.0. The molecule has 0 aliphatic heterocycles. The zero-order valence-electron chi connectivity index (χ0n) is 10.0. The molecule has 2 rings (SSSR count). The number of nitrogens with one attached hydrogen (secondary N) is 1. The molecular weight excluding hydrogens is 334 g/mol. The summed E-state index contributed by atoms with van der Waals surface area (Å²) in [7, 11) is -4.31. The van der Waals surface area contributed by atoms with Crippen LogP contribution in [-0.2, 0) is 10.0 Å². The van der Waals surface area contributed by atoms with Crippen LogP contribution in [0.5, 0.6) is 0 Å². The summed E-state index contributed by atoms with van der Waals surface area (Å²) in [5.41, 5.74) is -0.535. The maximum Gasteiger partial charge on any atom is 0.263 e. The summed E-state index contributed by atoms with van der Waals surface area (Å²) in [6.45, 7) is 0. The van der Waals surface area contributed by atoms with Crippen LogP contribution in [0.3, 0.4) is 0 Å². The van der Waals surface area contributed by atoms with E-state index in [2.05, 4.69) is 0 Å². The van der Waals surface area contributed by atoms with Gasteiger partial charge in [-0.25, -0.2) is 26.0 Å². The minimum atomic E-state index is -4.31. The minimum Gasteiger partial charge on any atom is -0.279 e. The third-order valence-corrected chi connectivity index (χ3v) is 4.28. The zero-order valence-corrected chi connectivity index (χ0v) is 11.6. The van der Waals surface area contributed by atoms with Crippen LogP contribution < -0.4 is 4.72 Å². The highest BCUT2D eigenvalue weighted by molar-refractivity contribution is 7.92. The van der Waals surface area contributed by atoms with Gasteiger partial charge in [-0.05, 0) is 18.2 Å². The first-order valence-electron chi connectivity index (χ1n) is 5.33. The number of halogens is 5. The number of sulfonamides is 1. The lowest BCUT2D eigenvalue weighted by atomic mass is 10.3. The molecule has 112 valence electrons. The van der Waals surface area contributed by atoms with Gasteiger partial charge in [0.2, 0.25) is 0 Å². The summed E-state index contributed by atoms with van der Waals surface area (Å²) in [6, 6.07) is 3.44. The Bertz CT molecular complexity index is 788. The van der Waals surface area contributed by atoms with E-state index in [1.807, 2.05) is 4.72 Å². The van der Waals surface area contributed by atoms with Crippen molar-refractivity contribution in [3.63, 3.8) is 0 Å². The first-order valence-corrected chi connectivity index (χ1v) is 7.19. The first kappa shape index (κ1) is 15.6. The summed E-state index contributed by atoms with van der Waals surface area (Å²) in [6.07, 6.45) is 0. The molecule has 0 radical (unpaired) electrons. The van der Waals surface area contributed by atoms with E-state index in [9.17, 15) is 26.0 Å². The SMILES string of the molecule is O=S(=O)(Nc1cc(F)c(F)c(F)c1)c1ccc(F)cc1Cl. The van der Waals surface area contributed by atoms with Crippen molar-refractivity contribution in [2.45, 2.75) is 4.90 Å². The molecule has 0 fully saturated rings. The largest absolute Gasteiger partial charge is 0.279 e. The van der Waals surface area contributed by atoms with Gasteiger partial charge in [-0.1, -0.05) is 11.6 Å². The van der Waals surface area contributed by atoms with Crippen LogP contribution in [0, 0.1) is 23.3 Å². The highest BCUT2D eigenvalue weighted by Gasteiger charge is 2.20. The Morgan fingerprint density at radius 3 is 2.05 bits per heavy atom. The van der Waals surface area contributed by atoms with Crippen molar-refractivity contribution in [1.29, 1.82) is 0 Å². The fourth-order valence-electron chi connectivity index (χ4n) is 1.52. The van der Waals surface area contributed by atoms with Crippen LogP contribution in [0.4, 0.5) is 23.2 Å². The van der Waals surface area contributed by atoms with Gasteiger partial charge in [0.05, 0.1) is 10.7 Å². The number of hydrogen-bond acceptors (Lipinski definition) is 2. The summed E-state index contributed by atoms with van der Waals surface area (Å²) >= 11 is 5.60. The predicted octanol–water partition coefficient (Wildman–Crippen LogP) is 3.70. The zero-order chi connectivity index (χ0) is 15.8. The average molecular weight is 340 g/mol. The second-order valence-corrected chi connectivity index (χ2v) is 5.99. The van der Waals surface area contributed by atoms with Gasteiger partial charge in [0.15, 0.2) is 17.5 Å². The molecule has 21 heavy (non-hydrogen) atoms. The van der Waals surface area contributed by atoms with Crippen LogP contribution in [0.25, 0.3) is 0 Å². The number of hydrogen-bond donors (Lipinski definition) is 1. The molecule has 0 saturated heterocycles. The smallest absolute Gasteiger partial charge is 0.263 e. The van der Waals surface area contributed by atoms with Gasteiger partial charge >= 0.3 is 0 Å². The summed E-state index contributed by atoms with van der Waals surface area (Å²) in [5.74, 6) is -5.59. The molecule has 0 aliphatic carbocycles. The van der Waals surface area contributed by atoms with E-state index in [0.717, 1.165) is 18.2 Å². The lowest BCUT2D eigenvalue weighted by Crippen LogP contribution is -2.14. The van der Waals surface area contributed by atoms with E-state index in [1.165, 1.54) is 0 Å². The van der Waals surface area contributed by atoms with Crippen LogP contribution in [0.2, 0.25) is 5.02 Å². The number of anilines is 1. The highest BCUT2D eigenvalue weighted by atomic mass is 35.5. The Morgan fingerprint density at radius 2 is 1.52 bits per heavy atom. The van der Waals surface area contributed by atoms with Gasteiger partial charge in [-0.2, -0.15) is 0 Å². The van der Waals surface area contributed by atoms with E-state index in [-0.39, 0.29) is 0 Å². The van der Waals surface area contributed by atoms with E-state index >= 15 is 0 Å². The molecule has 0 aromatic heterocycles. The van der Waals surface area contributed by atoms with Crippen molar-refractivity contribution in [1.82, 2.24) is 0 Å². The Kier molecular flexibility index (Phi) is 4.11. The molecule has 2 aromatic rings. The molecule has 1 N–H and O–H groups in total. The maximum atomic E-state index is 13.0. The van der Waals surface area contributed by atoms with E-state index in [1.54, 1.807) is 0 Å².